The van der Waals surface area contributed by atoms with Crippen LogP contribution in [0.4, 0.5) is 0 Å². The summed E-state index contributed by atoms with van der Waals surface area (Å²) in [5.74, 6) is -1.63. The highest BCUT2D eigenvalue weighted by atomic mass is 79.9. The van der Waals surface area contributed by atoms with Crippen molar-refractivity contribution in [1.82, 2.24) is 0 Å². The minimum absolute atomic E-state index is 0.168. The molecule has 0 N–H and O–H groups in total. The fraction of sp³-hybridized carbons (Fsp3) is 0.304. The van der Waals surface area contributed by atoms with E-state index in [9.17, 15) is 9.59 Å². The highest BCUT2D eigenvalue weighted by molar-refractivity contribution is 9.10. The molecule has 1 saturated carbocycles. The molecule has 0 bridgehead atoms. The van der Waals surface area contributed by atoms with E-state index in [4.69, 9.17) is 42.1 Å². The van der Waals surface area contributed by atoms with Crippen LogP contribution in [-0.2, 0) is 25.7 Å². The molecule has 32 heavy (non-hydrogen) atoms. The Morgan fingerprint density at radius 2 is 1.78 bits per heavy atom. The van der Waals surface area contributed by atoms with Crippen LogP contribution in [0.2, 0.25) is 10.0 Å². The molecule has 168 valence electrons. The SMILES string of the molecule is COc1cc(C=C2C(=O)OC3(CCCC3)OC2=O)cc(Br)c1OCc1ccc(Cl)cc1Cl. The average Bonchev–Trinajstić information content (AvgIpc) is 3.18. The van der Waals surface area contributed by atoms with Gasteiger partial charge in [0.2, 0.25) is 0 Å². The predicted octanol–water partition coefficient (Wildman–Crippen LogP) is 6.10. The molecular formula is C23H19BrCl2O6. The van der Waals surface area contributed by atoms with E-state index in [-0.39, 0.29) is 12.2 Å². The molecule has 0 atom stereocenters. The van der Waals surface area contributed by atoms with E-state index in [2.05, 4.69) is 15.9 Å². The quantitative estimate of drug-likeness (QED) is 0.259. The molecule has 0 unspecified atom stereocenters. The van der Waals surface area contributed by atoms with Gasteiger partial charge in [-0.1, -0.05) is 29.3 Å². The number of hydrogen-bond acceptors (Lipinski definition) is 6. The molecular weight excluding hydrogens is 523 g/mol. The van der Waals surface area contributed by atoms with Crippen LogP contribution in [0.3, 0.4) is 0 Å². The van der Waals surface area contributed by atoms with E-state index in [0.717, 1.165) is 18.4 Å². The lowest BCUT2D eigenvalue weighted by molar-refractivity contribution is -0.232. The maximum absolute atomic E-state index is 12.5. The van der Waals surface area contributed by atoms with E-state index in [1.54, 1.807) is 30.3 Å². The topological polar surface area (TPSA) is 71.1 Å². The Bertz CT molecular complexity index is 1090. The van der Waals surface area contributed by atoms with Crippen molar-refractivity contribution in [1.29, 1.82) is 0 Å². The molecule has 6 nitrogen and oxygen atoms in total. The highest BCUT2D eigenvalue weighted by Crippen LogP contribution is 2.41. The molecule has 0 radical (unpaired) electrons. The van der Waals surface area contributed by atoms with Crippen LogP contribution in [0.1, 0.15) is 36.8 Å². The van der Waals surface area contributed by atoms with Crippen molar-refractivity contribution in [2.24, 2.45) is 0 Å². The lowest BCUT2D eigenvalue weighted by Gasteiger charge is -2.32. The van der Waals surface area contributed by atoms with Gasteiger partial charge in [-0.2, -0.15) is 0 Å². The summed E-state index contributed by atoms with van der Waals surface area (Å²) in [6.45, 7) is 0.187. The summed E-state index contributed by atoms with van der Waals surface area (Å²) in [6, 6.07) is 8.50. The number of halogens is 3. The van der Waals surface area contributed by atoms with Crippen LogP contribution in [0.25, 0.3) is 6.08 Å². The fourth-order valence-corrected chi connectivity index (χ4v) is 4.74. The first kappa shape index (κ1) is 23.0. The number of ether oxygens (including phenoxy) is 4. The van der Waals surface area contributed by atoms with Crippen molar-refractivity contribution in [2.75, 3.05) is 7.11 Å². The molecule has 0 amide bonds. The van der Waals surface area contributed by atoms with Gasteiger partial charge in [-0.05, 0) is 64.7 Å². The van der Waals surface area contributed by atoms with Crippen LogP contribution >= 0.6 is 39.1 Å². The monoisotopic (exact) mass is 540 g/mol. The molecule has 2 aromatic rings. The van der Waals surface area contributed by atoms with E-state index >= 15 is 0 Å². The number of methoxy groups -OCH3 is 1. The number of carbonyl (C=O) groups excluding carboxylic acids is 2. The van der Waals surface area contributed by atoms with Gasteiger partial charge in [0.25, 0.3) is 5.79 Å². The van der Waals surface area contributed by atoms with E-state index in [1.165, 1.54) is 13.2 Å². The van der Waals surface area contributed by atoms with Gasteiger partial charge in [0.1, 0.15) is 12.2 Å². The van der Waals surface area contributed by atoms with Crippen molar-refractivity contribution in [3.63, 3.8) is 0 Å². The van der Waals surface area contributed by atoms with Gasteiger partial charge in [0, 0.05) is 28.5 Å². The molecule has 2 aromatic carbocycles. The van der Waals surface area contributed by atoms with Crippen LogP contribution in [-0.4, -0.2) is 24.8 Å². The maximum Gasteiger partial charge on any atom is 0.348 e. The van der Waals surface area contributed by atoms with Crippen molar-refractivity contribution in [3.8, 4) is 11.5 Å². The summed E-state index contributed by atoms with van der Waals surface area (Å²) in [5.41, 5.74) is 1.12. The first-order valence-corrected chi connectivity index (χ1v) is 11.5. The molecule has 1 spiro atoms. The molecule has 4 rings (SSSR count). The molecule has 9 heteroatoms. The van der Waals surface area contributed by atoms with E-state index in [0.29, 0.717) is 44.4 Å². The lowest BCUT2D eigenvalue weighted by Crippen LogP contribution is -2.44. The standard InChI is InChI=1S/C23H19BrCl2O6/c1-29-19-10-13(8-16-21(27)31-23(32-22(16)28)6-2-3-7-23)9-17(24)20(19)30-12-14-4-5-15(25)11-18(14)26/h4-5,8-11H,2-3,6-7,12H2,1H3. The first-order chi connectivity index (χ1) is 15.3. The van der Waals surface area contributed by atoms with Crippen molar-refractivity contribution in [2.45, 2.75) is 38.1 Å². The third-order valence-electron chi connectivity index (χ3n) is 5.31. The Hall–Kier alpha value is -2.22. The van der Waals surface area contributed by atoms with Crippen LogP contribution in [0.5, 0.6) is 11.5 Å². The van der Waals surface area contributed by atoms with Crippen molar-refractivity contribution < 1.29 is 28.5 Å². The minimum atomic E-state index is -1.11. The summed E-state index contributed by atoms with van der Waals surface area (Å²) in [4.78, 5) is 25.0. The van der Waals surface area contributed by atoms with Crippen LogP contribution in [0.15, 0.2) is 40.4 Å². The molecule has 1 heterocycles. The van der Waals surface area contributed by atoms with E-state index in [1.807, 2.05) is 0 Å². The Morgan fingerprint density at radius 1 is 1.09 bits per heavy atom. The highest BCUT2D eigenvalue weighted by Gasteiger charge is 2.47. The third kappa shape index (κ3) is 4.75. The summed E-state index contributed by atoms with van der Waals surface area (Å²) in [6.07, 6.45) is 4.18. The van der Waals surface area contributed by atoms with Crippen molar-refractivity contribution >= 4 is 57.1 Å². The van der Waals surface area contributed by atoms with Crippen LogP contribution < -0.4 is 9.47 Å². The molecule has 2 fully saturated rings. The summed E-state index contributed by atoms with van der Waals surface area (Å²) in [7, 11) is 1.49. The normalized spacial score (nSPS) is 17.2. The Balaban J connectivity index is 1.56. The Kier molecular flexibility index (Phi) is 6.70. The number of esters is 2. The molecule has 1 aliphatic heterocycles. The number of benzene rings is 2. The first-order valence-electron chi connectivity index (χ1n) is 9.93. The molecule has 0 aromatic heterocycles. The molecule has 1 saturated heterocycles. The van der Waals surface area contributed by atoms with Crippen LogP contribution in [0, 0.1) is 0 Å². The van der Waals surface area contributed by atoms with E-state index < -0.39 is 17.7 Å². The summed E-state index contributed by atoms with van der Waals surface area (Å²) < 4.78 is 22.9. The zero-order valence-corrected chi connectivity index (χ0v) is 20.2. The van der Waals surface area contributed by atoms with Gasteiger partial charge >= 0.3 is 11.9 Å². The number of carbonyl (C=O) groups is 2. The zero-order valence-electron chi connectivity index (χ0n) is 17.1. The largest absolute Gasteiger partial charge is 0.493 e. The zero-order chi connectivity index (χ0) is 22.9. The van der Waals surface area contributed by atoms with Gasteiger partial charge in [-0.15, -0.1) is 0 Å². The predicted molar refractivity (Wildman–Crippen MR) is 123 cm³/mol. The van der Waals surface area contributed by atoms with Gasteiger partial charge in [-0.3, -0.25) is 0 Å². The van der Waals surface area contributed by atoms with Gasteiger partial charge < -0.3 is 18.9 Å². The average molecular weight is 542 g/mol. The molecule has 1 aliphatic carbocycles. The van der Waals surface area contributed by atoms with Crippen molar-refractivity contribution in [3.05, 3.63) is 61.5 Å². The van der Waals surface area contributed by atoms with Gasteiger partial charge in [0.05, 0.1) is 11.6 Å². The van der Waals surface area contributed by atoms with Gasteiger partial charge in [0.15, 0.2) is 11.5 Å². The lowest BCUT2D eigenvalue weighted by atomic mass is 10.1. The van der Waals surface area contributed by atoms with Gasteiger partial charge in [-0.25, -0.2) is 9.59 Å². The summed E-state index contributed by atoms with van der Waals surface area (Å²) in [5, 5.41) is 1.02. The molecule has 2 aliphatic rings. The second-order valence-corrected chi connectivity index (χ2v) is 9.21. The maximum atomic E-state index is 12.5. The Labute approximate surface area is 203 Å². The number of hydrogen-bond donors (Lipinski definition) is 0. The fourth-order valence-electron chi connectivity index (χ4n) is 3.71. The Morgan fingerprint density at radius 3 is 2.41 bits per heavy atom. The smallest absolute Gasteiger partial charge is 0.348 e. The second kappa shape index (κ2) is 9.33. The number of rotatable bonds is 5. The second-order valence-electron chi connectivity index (χ2n) is 7.51. The third-order valence-corrected chi connectivity index (χ3v) is 6.49. The summed E-state index contributed by atoms with van der Waals surface area (Å²) >= 11 is 15.6. The minimum Gasteiger partial charge on any atom is -0.493 e.